The highest BCUT2D eigenvalue weighted by atomic mass is 16.2. The molecule has 1 aliphatic rings. The Morgan fingerprint density at radius 3 is 2.52 bits per heavy atom. The fraction of sp³-hybridized carbons (Fsp3) is 0.524. The van der Waals surface area contributed by atoms with E-state index >= 15 is 0 Å². The van der Waals surface area contributed by atoms with Gasteiger partial charge >= 0.3 is 0 Å². The van der Waals surface area contributed by atoms with Crippen LogP contribution < -0.4 is 16.6 Å². The number of fused-ring (bicyclic) bond motifs is 1. The summed E-state index contributed by atoms with van der Waals surface area (Å²) in [6.07, 6.45) is 4.39. The Morgan fingerprint density at radius 2 is 1.86 bits per heavy atom. The van der Waals surface area contributed by atoms with Gasteiger partial charge < -0.3 is 11.1 Å². The van der Waals surface area contributed by atoms with Gasteiger partial charge in [0, 0.05) is 31.1 Å². The van der Waals surface area contributed by atoms with Crippen LogP contribution in [0.5, 0.6) is 0 Å². The molecule has 0 radical (unpaired) electrons. The Kier molecular flexibility index (Phi) is 6.98. The average Bonchev–Trinajstić information content (AvgIpc) is 2.71. The molecule has 1 aliphatic heterocycles. The lowest BCUT2D eigenvalue weighted by Gasteiger charge is -2.31. The van der Waals surface area contributed by atoms with Gasteiger partial charge in [0.2, 0.25) is 5.91 Å². The number of nitrogens with zero attached hydrogens (tertiary/aromatic N) is 3. The number of hydrogen-bond acceptors (Lipinski definition) is 5. The first kappa shape index (κ1) is 21.0. The molecule has 29 heavy (non-hydrogen) atoms. The summed E-state index contributed by atoms with van der Waals surface area (Å²) in [6, 6.07) is 7.13. The van der Waals surface area contributed by atoms with Crippen molar-refractivity contribution in [3.05, 3.63) is 40.3 Å². The van der Waals surface area contributed by atoms with Crippen molar-refractivity contribution in [3.63, 3.8) is 0 Å². The average molecular weight is 399 g/mol. The highest BCUT2D eigenvalue weighted by molar-refractivity contribution is 6.04. The fourth-order valence-corrected chi connectivity index (χ4v) is 3.78. The van der Waals surface area contributed by atoms with Crippen LogP contribution in [0.1, 0.15) is 49.5 Å². The first-order valence-electron chi connectivity index (χ1n) is 10.3. The van der Waals surface area contributed by atoms with Crippen LogP contribution in [0, 0.1) is 0 Å². The van der Waals surface area contributed by atoms with E-state index in [0.717, 1.165) is 32.1 Å². The molecular weight excluding hydrogens is 370 g/mol. The predicted octanol–water partition coefficient (Wildman–Crippen LogP) is 1.27. The van der Waals surface area contributed by atoms with E-state index in [-0.39, 0.29) is 35.7 Å². The van der Waals surface area contributed by atoms with E-state index in [9.17, 15) is 14.4 Å². The fourth-order valence-electron chi connectivity index (χ4n) is 3.78. The van der Waals surface area contributed by atoms with E-state index < -0.39 is 0 Å². The number of nitrogens with one attached hydrogen (secondary N) is 1. The van der Waals surface area contributed by atoms with Crippen molar-refractivity contribution in [2.75, 3.05) is 19.6 Å². The topological polar surface area (TPSA) is 110 Å². The zero-order valence-electron chi connectivity index (χ0n) is 16.9. The van der Waals surface area contributed by atoms with Crippen molar-refractivity contribution in [3.8, 4) is 0 Å². The van der Waals surface area contributed by atoms with Crippen LogP contribution in [-0.2, 0) is 11.3 Å². The summed E-state index contributed by atoms with van der Waals surface area (Å²) in [6.45, 7) is 4.26. The lowest BCUT2D eigenvalue weighted by molar-refractivity contribution is -0.119. The molecule has 0 unspecified atom stereocenters. The zero-order chi connectivity index (χ0) is 20.8. The van der Waals surface area contributed by atoms with E-state index in [1.165, 1.54) is 4.68 Å². The second-order valence-corrected chi connectivity index (χ2v) is 7.62. The number of rotatable bonds is 8. The molecule has 156 valence electrons. The molecule has 0 saturated carbocycles. The van der Waals surface area contributed by atoms with Gasteiger partial charge in [0.1, 0.15) is 0 Å². The molecule has 0 bridgehead atoms. The van der Waals surface area contributed by atoms with Gasteiger partial charge in [-0.2, -0.15) is 5.10 Å². The van der Waals surface area contributed by atoms with Gasteiger partial charge in [-0.3, -0.25) is 19.3 Å². The van der Waals surface area contributed by atoms with E-state index in [2.05, 4.69) is 17.3 Å². The molecule has 8 nitrogen and oxygen atoms in total. The van der Waals surface area contributed by atoms with Crippen LogP contribution in [0.25, 0.3) is 10.8 Å². The first-order chi connectivity index (χ1) is 14.0. The molecule has 2 amide bonds. The van der Waals surface area contributed by atoms with Crippen molar-refractivity contribution in [2.24, 2.45) is 5.73 Å². The van der Waals surface area contributed by atoms with Crippen LogP contribution in [0.4, 0.5) is 0 Å². The van der Waals surface area contributed by atoms with Gasteiger partial charge in [-0.1, -0.05) is 38.0 Å². The molecule has 0 atom stereocenters. The van der Waals surface area contributed by atoms with Crippen molar-refractivity contribution in [1.82, 2.24) is 20.0 Å². The minimum absolute atomic E-state index is 0.00709. The van der Waals surface area contributed by atoms with Crippen LogP contribution in [0.3, 0.4) is 0 Å². The Bertz CT molecular complexity index is 932. The Labute approximate surface area is 170 Å². The van der Waals surface area contributed by atoms with Gasteiger partial charge in [0.15, 0.2) is 5.69 Å². The van der Waals surface area contributed by atoms with Crippen LogP contribution >= 0.6 is 0 Å². The standard InChI is InChI=1S/C21H29N5O3/c1-2-3-6-11-26-21(29)17-8-5-4-7-16(17)19(24-26)20(28)23-15-9-12-25(13-10-15)14-18(22)27/h4-5,7-8,15H,2-3,6,9-14H2,1H3,(H2,22,27)(H,23,28). The van der Waals surface area contributed by atoms with Crippen molar-refractivity contribution in [2.45, 2.75) is 51.6 Å². The molecule has 2 heterocycles. The molecule has 0 spiro atoms. The maximum absolute atomic E-state index is 13.0. The molecule has 8 heteroatoms. The third kappa shape index (κ3) is 5.20. The van der Waals surface area contributed by atoms with Gasteiger partial charge in [0.05, 0.1) is 11.9 Å². The second kappa shape index (κ2) is 9.65. The quantitative estimate of drug-likeness (QED) is 0.650. The number of amides is 2. The number of primary amides is 1. The normalized spacial score (nSPS) is 15.5. The van der Waals surface area contributed by atoms with Crippen LogP contribution in [0.2, 0.25) is 0 Å². The highest BCUT2D eigenvalue weighted by Crippen LogP contribution is 2.16. The number of nitrogens with two attached hydrogens (primary N) is 1. The molecule has 1 saturated heterocycles. The Hall–Kier alpha value is -2.74. The summed E-state index contributed by atoms with van der Waals surface area (Å²) in [7, 11) is 0. The molecular formula is C21H29N5O3. The SMILES string of the molecule is CCCCCn1nc(C(=O)NC2CCN(CC(N)=O)CC2)c2ccccc2c1=O. The molecule has 3 N–H and O–H groups in total. The number of aromatic nitrogens is 2. The number of carbonyl (C=O) groups is 2. The maximum atomic E-state index is 13.0. The summed E-state index contributed by atoms with van der Waals surface area (Å²) < 4.78 is 1.42. The number of benzene rings is 1. The minimum Gasteiger partial charge on any atom is -0.369 e. The van der Waals surface area contributed by atoms with E-state index in [4.69, 9.17) is 5.73 Å². The summed E-state index contributed by atoms with van der Waals surface area (Å²) in [4.78, 5) is 38.8. The number of carbonyl (C=O) groups excluding carboxylic acids is 2. The molecule has 0 aliphatic carbocycles. The molecule has 3 rings (SSSR count). The largest absolute Gasteiger partial charge is 0.369 e. The van der Waals surface area contributed by atoms with Crippen molar-refractivity contribution < 1.29 is 9.59 Å². The van der Waals surface area contributed by atoms with Crippen molar-refractivity contribution >= 4 is 22.6 Å². The number of hydrogen-bond donors (Lipinski definition) is 2. The summed E-state index contributed by atoms with van der Waals surface area (Å²) in [5, 5.41) is 8.56. The van der Waals surface area contributed by atoms with E-state index in [1.807, 2.05) is 11.0 Å². The van der Waals surface area contributed by atoms with Gasteiger partial charge in [-0.25, -0.2) is 4.68 Å². The number of likely N-dealkylation sites (tertiary alicyclic amines) is 1. The van der Waals surface area contributed by atoms with Gasteiger partial charge in [-0.15, -0.1) is 0 Å². The summed E-state index contributed by atoms with van der Waals surface area (Å²) in [5.41, 5.74) is 5.38. The lowest BCUT2D eigenvalue weighted by atomic mass is 10.0. The lowest BCUT2D eigenvalue weighted by Crippen LogP contribution is -2.47. The maximum Gasteiger partial charge on any atom is 0.274 e. The summed E-state index contributed by atoms with van der Waals surface area (Å²) >= 11 is 0. The molecule has 1 aromatic carbocycles. The summed E-state index contributed by atoms with van der Waals surface area (Å²) in [5.74, 6) is -0.604. The highest BCUT2D eigenvalue weighted by Gasteiger charge is 2.24. The van der Waals surface area contributed by atoms with Gasteiger partial charge in [0.25, 0.3) is 11.5 Å². The van der Waals surface area contributed by atoms with Crippen molar-refractivity contribution in [1.29, 1.82) is 0 Å². The smallest absolute Gasteiger partial charge is 0.274 e. The molecule has 2 aromatic rings. The Balaban J connectivity index is 1.77. The number of piperidine rings is 1. The predicted molar refractivity (Wildman–Crippen MR) is 112 cm³/mol. The van der Waals surface area contributed by atoms with Gasteiger partial charge in [-0.05, 0) is 25.3 Å². The van der Waals surface area contributed by atoms with E-state index in [1.54, 1.807) is 18.2 Å². The third-order valence-corrected chi connectivity index (χ3v) is 5.36. The first-order valence-corrected chi connectivity index (χ1v) is 10.3. The second-order valence-electron chi connectivity index (χ2n) is 7.62. The Morgan fingerprint density at radius 1 is 1.17 bits per heavy atom. The van der Waals surface area contributed by atoms with Crippen LogP contribution in [-0.4, -0.2) is 52.2 Å². The number of unbranched alkanes of at least 4 members (excludes halogenated alkanes) is 2. The van der Waals surface area contributed by atoms with Crippen LogP contribution in [0.15, 0.2) is 29.1 Å². The zero-order valence-corrected chi connectivity index (χ0v) is 16.9. The minimum atomic E-state index is -0.339. The third-order valence-electron chi connectivity index (χ3n) is 5.36. The molecule has 1 aromatic heterocycles. The molecule has 1 fully saturated rings. The van der Waals surface area contributed by atoms with E-state index in [0.29, 0.717) is 30.4 Å². The number of aryl methyl sites for hydroxylation is 1. The monoisotopic (exact) mass is 399 g/mol.